The summed E-state index contributed by atoms with van der Waals surface area (Å²) in [7, 11) is 1.23. The van der Waals surface area contributed by atoms with Gasteiger partial charge in [-0.1, -0.05) is 0 Å². The summed E-state index contributed by atoms with van der Waals surface area (Å²) in [6, 6.07) is 2.45. The predicted octanol–water partition coefficient (Wildman–Crippen LogP) is 1.56. The molecular weight excluding hydrogens is 338 g/mol. The first kappa shape index (κ1) is 15.4. The number of nitrogens with zero attached hydrogens (tertiary/aromatic N) is 1. The van der Waals surface area contributed by atoms with E-state index in [2.05, 4.69) is 15.6 Å². The molecule has 0 bridgehead atoms. The average Bonchev–Trinajstić information content (AvgIpc) is 3.25. The van der Waals surface area contributed by atoms with Crippen molar-refractivity contribution in [3.8, 4) is 0 Å². The van der Waals surface area contributed by atoms with Gasteiger partial charge in [-0.2, -0.15) is 0 Å². The van der Waals surface area contributed by atoms with Crippen molar-refractivity contribution in [1.29, 1.82) is 0 Å². The number of thiocarbonyl (C=S) groups is 1. The lowest BCUT2D eigenvalue weighted by molar-refractivity contribution is -0.136. The summed E-state index contributed by atoms with van der Waals surface area (Å²) >= 11 is 6.49. The van der Waals surface area contributed by atoms with Crippen molar-refractivity contribution in [3.63, 3.8) is 0 Å². The molecule has 9 heteroatoms. The molecule has 3 rings (SSSR count). The molecule has 2 N–H and O–H groups in total. The van der Waals surface area contributed by atoms with Crippen molar-refractivity contribution < 1.29 is 18.7 Å². The van der Waals surface area contributed by atoms with Crippen LogP contribution in [0.25, 0.3) is 0 Å². The maximum atomic E-state index is 12.8. The van der Waals surface area contributed by atoms with Gasteiger partial charge in [0.1, 0.15) is 11.7 Å². The number of nitrogens with one attached hydrogen (secondary N) is 2. The zero-order chi connectivity index (χ0) is 16.4. The Morgan fingerprint density at radius 3 is 2.91 bits per heavy atom. The normalized spacial score (nSPS) is 17.4. The number of Topliss-reactive ketones (excluding diaryl/α,β-unsaturated/α-hetero) is 1. The minimum atomic E-state index is -0.691. The van der Waals surface area contributed by atoms with Crippen LogP contribution in [-0.2, 0) is 9.53 Å². The molecule has 0 saturated heterocycles. The van der Waals surface area contributed by atoms with E-state index in [-0.39, 0.29) is 22.1 Å². The van der Waals surface area contributed by atoms with Crippen LogP contribution in [0.15, 0.2) is 45.0 Å². The number of carbonyl (C=O) groups excluding carboxylic acids is 2. The lowest BCUT2D eigenvalue weighted by Crippen LogP contribution is -2.47. The molecule has 2 aromatic heterocycles. The summed E-state index contributed by atoms with van der Waals surface area (Å²) in [6.07, 6.45) is 1.39. The second-order valence-corrected chi connectivity index (χ2v) is 5.66. The molecule has 1 aliphatic heterocycles. The molecule has 0 saturated carbocycles. The van der Waals surface area contributed by atoms with E-state index in [9.17, 15) is 9.59 Å². The van der Waals surface area contributed by atoms with Crippen LogP contribution in [-0.4, -0.2) is 29.0 Å². The Morgan fingerprint density at radius 1 is 1.48 bits per heavy atom. The second kappa shape index (κ2) is 6.31. The van der Waals surface area contributed by atoms with Crippen molar-refractivity contribution in [2.24, 2.45) is 0 Å². The molecule has 0 unspecified atom stereocenters. The average molecular weight is 349 g/mol. The Balaban J connectivity index is 2.16. The zero-order valence-electron chi connectivity index (χ0n) is 11.9. The van der Waals surface area contributed by atoms with Crippen LogP contribution in [0, 0.1) is 0 Å². The Morgan fingerprint density at radius 2 is 2.30 bits per heavy atom. The second-order valence-electron chi connectivity index (χ2n) is 4.53. The van der Waals surface area contributed by atoms with Gasteiger partial charge in [0.05, 0.1) is 30.2 Å². The van der Waals surface area contributed by atoms with Crippen LogP contribution in [0.2, 0.25) is 0 Å². The molecule has 23 heavy (non-hydrogen) atoms. The monoisotopic (exact) mass is 349 g/mol. The molecule has 0 fully saturated rings. The minimum absolute atomic E-state index is 0.0179. The number of furan rings is 1. The van der Waals surface area contributed by atoms with Crippen molar-refractivity contribution in [2.45, 2.75) is 6.04 Å². The molecule has 0 amide bonds. The summed E-state index contributed by atoms with van der Waals surface area (Å²) in [5.41, 5.74) is 2.34. The number of aromatic nitrogens is 1. The summed E-state index contributed by atoms with van der Waals surface area (Å²) in [6.45, 7) is 0. The van der Waals surface area contributed by atoms with E-state index in [1.165, 1.54) is 30.8 Å². The van der Waals surface area contributed by atoms with Crippen LogP contribution in [0.5, 0.6) is 0 Å². The summed E-state index contributed by atoms with van der Waals surface area (Å²) < 4.78 is 9.91. The fourth-order valence-electron chi connectivity index (χ4n) is 2.20. The number of thiazole rings is 1. The molecule has 0 aromatic carbocycles. The zero-order valence-corrected chi connectivity index (χ0v) is 13.5. The van der Waals surface area contributed by atoms with Crippen molar-refractivity contribution in [1.82, 2.24) is 15.6 Å². The molecular formula is C14H11N3O4S2. The Bertz CT molecular complexity index is 781. The SMILES string of the molecule is COC(=O)C1=C(C(=O)c2ccco2)[C@H](c2cscn2)NC(=S)N1. The maximum Gasteiger partial charge on any atom is 0.355 e. The third-order valence-electron chi connectivity index (χ3n) is 3.20. The topological polar surface area (TPSA) is 93.5 Å². The highest BCUT2D eigenvalue weighted by Gasteiger charge is 2.37. The van der Waals surface area contributed by atoms with E-state index >= 15 is 0 Å². The molecule has 118 valence electrons. The number of esters is 1. The number of ether oxygens (including phenoxy) is 1. The highest BCUT2D eigenvalue weighted by Crippen LogP contribution is 2.29. The Kier molecular flexibility index (Phi) is 4.22. The summed E-state index contributed by atoms with van der Waals surface area (Å²) in [5, 5.41) is 7.63. The molecule has 2 aromatic rings. The minimum Gasteiger partial charge on any atom is -0.464 e. The largest absolute Gasteiger partial charge is 0.464 e. The van der Waals surface area contributed by atoms with Gasteiger partial charge in [-0.25, -0.2) is 9.78 Å². The van der Waals surface area contributed by atoms with Gasteiger partial charge in [0.25, 0.3) is 0 Å². The molecule has 7 nitrogen and oxygen atoms in total. The third kappa shape index (κ3) is 2.88. The standard InChI is InChI=1S/C14H11N3O4S2/c1-20-13(19)11-9(12(18)8-3-2-4-21-8)10(16-14(22)17-11)7-5-23-6-15-7/h2-6,10H,1H3,(H2,16,17,22)/t10-/m0/s1. The molecule has 3 heterocycles. The van der Waals surface area contributed by atoms with Gasteiger partial charge in [-0.05, 0) is 24.4 Å². The number of methoxy groups -OCH3 is 1. The van der Waals surface area contributed by atoms with Gasteiger partial charge in [-0.3, -0.25) is 4.79 Å². The van der Waals surface area contributed by atoms with E-state index in [0.29, 0.717) is 5.69 Å². The first-order valence-corrected chi connectivity index (χ1v) is 7.83. The Hall–Kier alpha value is -2.52. The van der Waals surface area contributed by atoms with E-state index < -0.39 is 17.8 Å². The molecule has 0 radical (unpaired) electrons. The van der Waals surface area contributed by atoms with E-state index in [1.807, 2.05) is 0 Å². The lowest BCUT2D eigenvalue weighted by atomic mass is 9.95. The Labute approximate surface area is 140 Å². The fraction of sp³-hybridized carbons (Fsp3) is 0.143. The quantitative estimate of drug-likeness (QED) is 0.488. The molecule has 0 spiro atoms. The smallest absolute Gasteiger partial charge is 0.355 e. The molecule has 1 aliphatic rings. The van der Waals surface area contributed by atoms with Crippen LogP contribution in [0.3, 0.4) is 0 Å². The third-order valence-corrected chi connectivity index (χ3v) is 4.02. The lowest BCUT2D eigenvalue weighted by Gasteiger charge is -2.28. The highest BCUT2D eigenvalue weighted by atomic mass is 32.1. The van der Waals surface area contributed by atoms with Gasteiger partial charge in [-0.15, -0.1) is 11.3 Å². The summed E-state index contributed by atoms with van der Waals surface area (Å²) in [4.78, 5) is 29.1. The van der Waals surface area contributed by atoms with Crippen LogP contribution in [0.4, 0.5) is 0 Å². The summed E-state index contributed by atoms with van der Waals surface area (Å²) in [5.74, 6) is -1.03. The van der Waals surface area contributed by atoms with Gasteiger partial charge in [0, 0.05) is 5.38 Å². The highest BCUT2D eigenvalue weighted by molar-refractivity contribution is 7.80. The first-order chi connectivity index (χ1) is 11.1. The number of ketones is 1. The first-order valence-electron chi connectivity index (χ1n) is 6.48. The van der Waals surface area contributed by atoms with Crippen LogP contribution < -0.4 is 10.6 Å². The molecule has 0 aliphatic carbocycles. The van der Waals surface area contributed by atoms with Crippen molar-refractivity contribution in [2.75, 3.05) is 7.11 Å². The van der Waals surface area contributed by atoms with Crippen molar-refractivity contribution >= 4 is 40.4 Å². The number of carbonyl (C=O) groups is 2. The fourth-order valence-corrected chi connectivity index (χ4v) is 3.00. The predicted molar refractivity (Wildman–Crippen MR) is 85.8 cm³/mol. The number of hydrogen-bond acceptors (Lipinski definition) is 7. The number of hydrogen-bond donors (Lipinski definition) is 2. The molecule has 1 atom stereocenters. The van der Waals surface area contributed by atoms with Gasteiger partial charge >= 0.3 is 5.97 Å². The van der Waals surface area contributed by atoms with Crippen molar-refractivity contribution in [3.05, 3.63) is 52.0 Å². The van der Waals surface area contributed by atoms with Crippen LogP contribution in [0.1, 0.15) is 22.3 Å². The van der Waals surface area contributed by atoms with E-state index in [1.54, 1.807) is 17.0 Å². The maximum absolute atomic E-state index is 12.8. The van der Waals surface area contributed by atoms with E-state index in [4.69, 9.17) is 21.4 Å². The van der Waals surface area contributed by atoms with Crippen LogP contribution >= 0.6 is 23.6 Å². The van der Waals surface area contributed by atoms with E-state index in [0.717, 1.165) is 0 Å². The van der Waals surface area contributed by atoms with Gasteiger partial charge in [0.2, 0.25) is 5.78 Å². The van der Waals surface area contributed by atoms with Gasteiger partial charge in [0.15, 0.2) is 10.9 Å². The van der Waals surface area contributed by atoms with Gasteiger partial charge < -0.3 is 19.8 Å². The number of rotatable bonds is 4.